The van der Waals surface area contributed by atoms with Gasteiger partial charge in [0.25, 0.3) is 0 Å². The predicted octanol–water partition coefficient (Wildman–Crippen LogP) is 2.83. The fourth-order valence-corrected chi connectivity index (χ4v) is 2.90. The van der Waals surface area contributed by atoms with E-state index >= 15 is 0 Å². The summed E-state index contributed by atoms with van der Waals surface area (Å²) in [5, 5.41) is 22.8. The van der Waals surface area contributed by atoms with Crippen molar-refractivity contribution in [1.29, 1.82) is 5.26 Å². The maximum Gasteiger partial charge on any atom is 0.159 e. The lowest BCUT2D eigenvalue weighted by atomic mass is 10.0. The van der Waals surface area contributed by atoms with Gasteiger partial charge in [-0.1, -0.05) is 24.3 Å². The minimum absolute atomic E-state index is 0.0556. The van der Waals surface area contributed by atoms with E-state index in [4.69, 9.17) is 0 Å². The van der Waals surface area contributed by atoms with Crippen molar-refractivity contribution in [3.8, 4) is 6.07 Å². The molecule has 0 saturated heterocycles. The van der Waals surface area contributed by atoms with E-state index in [1.54, 1.807) is 18.2 Å². The van der Waals surface area contributed by atoms with Gasteiger partial charge in [0.2, 0.25) is 0 Å². The number of nitrogens with zero attached hydrogens (tertiary/aromatic N) is 1. The molecule has 110 valence electrons. The van der Waals surface area contributed by atoms with E-state index in [0.717, 1.165) is 11.1 Å². The summed E-state index contributed by atoms with van der Waals surface area (Å²) in [6, 6.07) is 14.7. The summed E-state index contributed by atoms with van der Waals surface area (Å²) in [4.78, 5) is 11.5. The van der Waals surface area contributed by atoms with Crippen LogP contribution in [-0.2, 0) is 6.42 Å². The molecule has 22 heavy (non-hydrogen) atoms. The minimum Gasteiger partial charge on any atom is -0.390 e. The van der Waals surface area contributed by atoms with Crippen LogP contribution in [0.2, 0.25) is 0 Å². The van der Waals surface area contributed by atoms with Crippen LogP contribution in [0.15, 0.2) is 42.5 Å². The van der Waals surface area contributed by atoms with Crippen molar-refractivity contribution in [2.75, 3.05) is 5.32 Å². The van der Waals surface area contributed by atoms with Gasteiger partial charge in [0.1, 0.15) is 6.07 Å². The summed E-state index contributed by atoms with van der Waals surface area (Å²) in [6.45, 7) is 1.49. The van der Waals surface area contributed by atoms with Gasteiger partial charge < -0.3 is 10.4 Å². The van der Waals surface area contributed by atoms with Gasteiger partial charge in [0.15, 0.2) is 5.78 Å². The molecule has 2 unspecified atom stereocenters. The molecular formula is C18H16N2O2. The van der Waals surface area contributed by atoms with Crippen LogP contribution in [0.1, 0.15) is 40.0 Å². The second-order valence-corrected chi connectivity index (χ2v) is 5.52. The number of hydrogen-bond donors (Lipinski definition) is 2. The average molecular weight is 292 g/mol. The van der Waals surface area contributed by atoms with Crippen LogP contribution in [0.3, 0.4) is 0 Å². The molecule has 0 aromatic heterocycles. The number of aliphatic hydroxyl groups is 1. The minimum atomic E-state index is -0.551. The molecule has 1 aliphatic rings. The van der Waals surface area contributed by atoms with Crippen LogP contribution in [0.4, 0.5) is 5.69 Å². The molecule has 3 rings (SSSR count). The molecule has 0 spiro atoms. The summed E-state index contributed by atoms with van der Waals surface area (Å²) >= 11 is 0. The second kappa shape index (κ2) is 5.63. The van der Waals surface area contributed by atoms with Crippen molar-refractivity contribution in [2.24, 2.45) is 0 Å². The van der Waals surface area contributed by atoms with Gasteiger partial charge in [-0.15, -0.1) is 0 Å². The molecule has 0 radical (unpaired) electrons. The van der Waals surface area contributed by atoms with Crippen LogP contribution in [-0.4, -0.2) is 17.0 Å². The molecule has 0 bridgehead atoms. The molecule has 2 atom stereocenters. The van der Waals surface area contributed by atoms with Gasteiger partial charge in [0, 0.05) is 12.0 Å². The molecule has 1 aliphatic carbocycles. The third-order valence-electron chi connectivity index (χ3n) is 4.06. The van der Waals surface area contributed by atoms with Crippen molar-refractivity contribution < 1.29 is 9.90 Å². The zero-order chi connectivity index (χ0) is 15.7. The Balaban J connectivity index is 1.98. The third-order valence-corrected chi connectivity index (χ3v) is 4.06. The number of rotatable bonds is 3. The Morgan fingerprint density at radius 3 is 2.82 bits per heavy atom. The first kappa shape index (κ1) is 14.3. The highest BCUT2D eigenvalue weighted by Crippen LogP contribution is 2.35. The zero-order valence-electron chi connectivity index (χ0n) is 12.2. The Bertz CT molecular complexity index is 777. The van der Waals surface area contributed by atoms with E-state index in [1.807, 2.05) is 24.3 Å². The van der Waals surface area contributed by atoms with Crippen LogP contribution >= 0.6 is 0 Å². The Hall–Kier alpha value is -2.64. The number of anilines is 1. The molecule has 2 aromatic carbocycles. The molecule has 0 fully saturated rings. The van der Waals surface area contributed by atoms with E-state index in [1.165, 1.54) is 6.92 Å². The SMILES string of the molecule is CC(=O)c1ccc(C#N)c(NC2c3ccccc3CC2O)c1. The quantitative estimate of drug-likeness (QED) is 0.853. The average Bonchev–Trinajstić information content (AvgIpc) is 2.83. The molecule has 0 aliphatic heterocycles. The van der Waals surface area contributed by atoms with Crippen molar-refractivity contribution in [1.82, 2.24) is 0 Å². The monoisotopic (exact) mass is 292 g/mol. The largest absolute Gasteiger partial charge is 0.390 e. The smallest absolute Gasteiger partial charge is 0.159 e. The maximum atomic E-state index is 11.5. The molecule has 0 saturated carbocycles. The molecule has 0 heterocycles. The van der Waals surface area contributed by atoms with Crippen molar-refractivity contribution in [2.45, 2.75) is 25.5 Å². The fourth-order valence-electron chi connectivity index (χ4n) is 2.90. The third kappa shape index (κ3) is 2.47. The Morgan fingerprint density at radius 1 is 1.32 bits per heavy atom. The fraction of sp³-hybridized carbons (Fsp3) is 0.222. The van der Waals surface area contributed by atoms with Gasteiger partial charge in [0.05, 0.1) is 23.4 Å². The first-order valence-corrected chi connectivity index (χ1v) is 7.17. The standard InChI is InChI=1S/C18H16N2O2/c1-11(21)12-6-7-14(10-19)16(8-12)20-18-15-5-3-2-4-13(15)9-17(18)22/h2-8,17-18,20,22H,9H2,1H3. The number of nitriles is 1. The van der Waals surface area contributed by atoms with Gasteiger partial charge >= 0.3 is 0 Å². The van der Waals surface area contributed by atoms with Gasteiger partial charge in [-0.25, -0.2) is 0 Å². The number of carbonyl (C=O) groups excluding carboxylic acids is 1. The highest BCUT2D eigenvalue weighted by molar-refractivity contribution is 5.95. The molecule has 4 nitrogen and oxygen atoms in total. The summed E-state index contributed by atoms with van der Waals surface area (Å²) in [5.74, 6) is -0.0556. The van der Waals surface area contributed by atoms with E-state index < -0.39 is 6.10 Å². The van der Waals surface area contributed by atoms with Gasteiger partial charge in [-0.3, -0.25) is 4.79 Å². The predicted molar refractivity (Wildman–Crippen MR) is 83.7 cm³/mol. The number of nitrogens with one attached hydrogen (secondary N) is 1. The number of Topliss-reactive ketones (excluding diaryl/α,β-unsaturated/α-hetero) is 1. The maximum absolute atomic E-state index is 11.5. The lowest BCUT2D eigenvalue weighted by Gasteiger charge is -2.20. The topological polar surface area (TPSA) is 73.1 Å². The lowest BCUT2D eigenvalue weighted by Crippen LogP contribution is -2.21. The van der Waals surface area contributed by atoms with E-state index in [-0.39, 0.29) is 11.8 Å². The van der Waals surface area contributed by atoms with Gasteiger partial charge in [-0.2, -0.15) is 5.26 Å². The Labute approximate surface area is 129 Å². The van der Waals surface area contributed by atoms with Crippen LogP contribution in [0.25, 0.3) is 0 Å². The molecule has 4 heteroatoms. The van der Waals surface area contributed by atoms with Crippen molar-refractivity contribution in [3.63, 3.8) is 0 Å². The highest BCUT2D eigenvalue weighted by atomic mass is 16.3. The van der Waals surface area contributed by atoms with Crippen LogP contribution in [0, 0.1) is 11.3 Å². The molecular weight excluding hydrogens is 276 g/mol. The number of benzene rings is 2. The lowest BCUT2D eigenvalue weighted by molar-refractivity contribution is 0.101. The summed E-state index contributed by atoms with van der Waals surface area (Å²) < 4.78 is 0. The number of ketones is 1. The second-order valence-electron chi connectivity index (χ2n) is 5.52. The zero-order valence-corrected chi connectivity index (χ0v) is 12.2. The highest BCUT2D eigenvalue weighted by Gasteiger charge is 2.31. The van der Waals surface area contributed by atoms with E-state index in [2.05, 4.69) is 11.4 Å². The molecule has 2 aromatic rings. The Kier molecular flexibility index (Phi) is 3.66. The first-order chi connectivity index (χ1) is 10.6. The van der Waals surface area contributed by atoms with Crippen molar-refractivity contribution in [3.05, 3.63) is 64.7 Å². The number of hydrogen-bond acceptors (Lipinski definition) is 4. The molecule has 2 N–H and O–H groups in total. The van der Waals surface area contributed by atoms with Gasteiger partial charge in [-0.05, 0) is 36.2 Å². The normalized spacial score (nSPS) is 19.3. The number of aliphatic hydroxyl groups excluding tert-OH is 1. The Morgan fingerprint density at radius 2 is 2.09 bits per heavy atom. The number of fused-ring (bicyclic) bond motifs is 1. The van der Waals surface area contributed by atoms with Crippen molar-refractivity contribution >= 4 is 11.5 Å². The van der Waals surface area contributed by atoms with Crippen LogP contribution in [0.5, 0.6) is 0 Å². The molecule has 0 amide bonds. The summed E-state index contributed by atoms with van der Waals surface area (Å²) in [7, 11) is 0. The first-order valence-electron chi connectivity index (χ1n) is 7.17. The van der Waals surface area contributed by atoms with Crippen LogP contribution < -0.4 is 5.32 Å². The number of carbonyl (C=O) groups is 1. The summed E-state index contributed by atoms with van der Waals surface area (Å²) in [5.41, 5.74) is 3.72. The van der Waals surface area contributed by atoms with E-state index in [9.17, 15) is 15.2 Å². The summed E-state index contributed by atoms with van der Waals surface area (Å²) in [6.07, 6.45) is 0.0344. The van der Waals surface area contributed by atoms with E-state index in [0.29, 0.717) is 23.2 Å².